The molecule has 0 unspecified atom stereocenters. The third-order valence-corrected chi connectivity index (χ3v) is 1.94. The summed E-state index contributed by atoms with van der Waals surface area (Å²) in [6.07, 6.45) is -2.27. The van der Waals surface area contributed by atoms with E-state index in [2.05, 4.69) is 10.3 Å². The quantitative estimate of drug-likeness (QED) is 0.751. The number of halogens is 2. The minimum Gasteiger partial charge on any atom is -0.383 e. The Hall–Kier alpha value is -1.08. The van der Waals surface area contributed by atoms with Crippen LogP contribution in [0, 0.1) is 0 Å². The molecule has 0 saturated carbocycles. The van der Waals surface area contributed by atoms with Crippen LogP contribution in [0.25, 0.3) is 0 Å². The van der Waals surface area contributed by atoms with Gasteiger partial charge in [-0.15, -0.1) is 5.10 Å². The fourth-order valence-corrected chi connectivity index (χ4v) is 1.25. The number of ether oxygens (including phenoxy) is 1. The van der Waals surface area contributed by atoms with E-state index in [0.29, 0.717) is 13.0 Å². The number of nitrogens with zero attached hydrogens (tertiary/aromatic N) is 3. The van der Waals surface area contributed by atoms with Crippen molar-refractivity contribution in [1.29, 1.82) is 0 Å². The summed E-state index contributed by atoms with van der Waals surface area (Å²) in [6, 6.07) is 0. The van der Waals surface area contributed by atoms with Gasteiger partial charge in [0.15, 0.2) is 0 Å². The van der Waals surface area contributed by atoms with E-state index in [0.717, 1.165) is 0 Å². The van der Waals surface area contributed by atoms with E-state index in [1.54, 1.807) is 0 Å². The largest absolute Gasteiger partial charge is 0.383 e. The van der Waals surface area contributed by atoms with Crippen LogP contribution in [0.1, 0.15) is 17.8 Å². The van der Waals surface area contributed by atoms with E-state index in [-0.39, 0.29) is 24.5 Å². The highest BCUT2D eigenvalue weighted by molar-refractivity contribution is 5.12. The van der Waals surface area contributed by atoms with Gasteiger partial charge in [0, 0.05) is 13.5 Å². The van der Waals surface area contributed by atoms with Crippen LogP contribution in [-0.2, 0) is 17.7 Å². The zero-order valence-corrected chi connectivity index (χ0v) is 8.49. The minimum atomic E-state index is -2.58. The minimum absolute atomic E-state index is 0.155. The molecule has 1 aromatic heterocycles. The lowest BCUT2D eigenvalue weighted by Crippen LogP contribution is -2.12. The lowest BCUT2D eigenvalue weighted by molar-refractivity contribution is 0.130. The number of nitrogens with two attached hydrogens (primary N) is 1. The zero-order chi connectivity index (χ0) is 11.3. The molecule has 0 atom stereocenters. The van der Waals surface area contributed by atoms with Crippen LogP contribution in [0.15, 0.2) is 0 Å². The summed E-state index contributed by atoms with van der Waals surface area (Å²) in [7, 11) is 1.50. The highest BCUT2D eigenvalue weighted by atomic mass is 19.3. The van der Waals surface area contributed by atoms with Gasteiger partial charge >= 0.3 is 0 Å². The molecule has 15 heavy (non-hydrogen) atoms. The monoisotopic (exact) mass is 220 g/mol. The highest BCUT2D eigenvalue weighted by Gasteiger charge is 2.20. The average molecular weight is 220 g/mol. The van der Waals surface area contributed by atoms with E-state index < -0.39 is 6.43 Å². The Kier molecular flexibility index (Phi) is 4.57. The van der Waals surface area contributed by atoms with Crippen LogP contribution < -0.4 is 5.73 Å². The van der Waals surface area contributed by atoms with Gasteiger partial charge in [-0.05, 0) is 6.54 Å². The molecule has 1 aromatic rings. The second-order valence-corrected chi connectivity index (χ2v) is 2.98. The Bertz CT molecular complexity index is 303. The number of methoxy groups -OCH3 is 1. The van der Waals surface area contributed by atoms with Crippen molar-refractivity contribution < 1.29 is 13.5 Å². The second-order valence-electron chi connectivity index (χ2n) is 2.98. The molecule has 0 aliphatic carbocycles. The van der Waals surface area contributed by atoms with Gasteiger partial charge in [-0.25, -0.2) is 13.5 Å². The van der Waals surface area contributed by atoms with Crippen molar-refractivity contribution in [3.8, 4) is 0 Å². The van der Waals surface area contributed by atoms with Crippen molar-refractivity contribution in [3.05, 3.63) is 11.4 Å². The van der Waals surface area contributed by atoms with Gasteiger partial charge in [-0.1, -0.05) is 5.21 Å². The summed E-state index contributed by atoms with van der Waals surface area (Å²) >= 11 is 0. The summed E-state index contributed by atoms with van der Waals surface area (Å²) < 4.78 is 31.3. The van der Waals surface area contributed by atoms with E-state index in [1.165, 1.54) is 11.8 Å². The molecule has 1 heterocycles. The summed E-state index contributed by atoms with van der Waals surface area (Å²) in [5, 5.41) is 7.32. The first-order valence-electron chi connectivity index (χ1n) is 4.60. The molecule has 0 fully saturated rings. The maximum atomic E-state index is 12.7. The molecule has 2 N–H and O–H groups in total. The predicted molar refractivity (Wildman–Crippen MR) is 49.6 cm³/mol. The molecule has 0 spiro atoms. The van der Waals surface area contributed by atoms with Crippen molar-refractivity contribution in [2.24, 2.45) is 5.73 Å². The molecule has 1 rings (SSSR count). The van der Waals surface area contributed by atoms with Gasteiger partial charge in [0.2, 0.25) is 0 Å². The van der Waals surface area contributed by atoms with Crippen molar-refractivity contribution in [2.75, 3.05) is 20.3 Å². The number of aromatic nitrogens is 3. The molecule has 0 aromatic carbocycles. The standard InChI is InChI=1S/C8H14F2N4O/c1-15-5-4-14-7(8(9)10)6(2-3-11)12-13-14/h8H,2-5,11H2,1H3. The normalized spacial score (nSPS) is 11.3. The first-order valence-corrected chi connectivity index (χ1v) is 4.60. The molecule has 0 saturated heterocycles. The first-order chi connectivity index (χ1) is 7.20. The number of hydrogen-bond donors (Lipinski definition) is 1. The molecular formula is C8H14F2N4O. The Morgan fingerprint density at radius 1 is 1.53 bits per heavy atom. The molecule has 0 aliphatic rings. The average Bonchev–Trinajstić information content (AvgIpc) is 2.58. The lowest BCUT2D eigenvalue weighted by atomic mass is 10.2. The molecule has 0 bridgehead atoms. The Morgan fingerprint density at radius 2 is 2.27 bits per heavy atom. The van der Waals surface area contributed by atoms with Gasteiger partial charge in [0.1, 0.15) is 5.69 Å². The van der Waals surface area contributed by atoms with Crippen molar-refractivity contribution in [1.82, 2.24) is 15.0 Å². The van der Waals surface area contributed by atoms with Crippen LogP contribution in [0.2, 0.25) is 0 Å². The van der Waals surface area contributed by atoms with E-state index in [1.807, 2.05) is 0 Å². The summed E-state index contributed by atoms with van der Waals surface area (Å²) in [4.78, 5) is 0. The van der Waals surface area contributed by atoms with Crippen LogP contribution in [0.5, 0.6) is 0 Å². The molecule has 0 radical (unpaired) electrons. The number of alkyl halides is 2. The van der Waals surface area contributed by atoms with E-state index in [9.17, 15) is 8.78 Å². The lowest BCUT2D eigenvalue weighted by Gasteiger charge is -2.05. The van der Waals surface area contributed by atoms with Crippen molar-refractivity contribution in [2.45, 2.75) is 19.4 Å². The van der Waals surface area contributed by atoms with Crippen LogP contribution in [0.3, 0.4) is 0 Å². The van der Waals surface area contributed by atoms with Crippen LogP contribution >= 0.6 is 0 Å². The van der Waals surface area contributed by atoms with Crippen molar-refractivity contribution >= 4 is 0 Å². The van der Waals surface area contributed by atoms with Gasteiger partial charge in [0.05, 0.1) is 18.8 Å². The van der Waals surface area contributed by atoms with Gasteiger partial charge in [-0.2, -0.15) is 0 Å². The van der Waals surface area contributed by atoms with Crippen LogP contribution in [0.4, 0.5) is 8.78 Å². The smallest absolute Gasteiger partial charge is 0.281 e. The molecule has 86 valence electrons. The topological polar surface area (TPSA) is 66.0 Å². The van der Waals surface area contributed by atoms with Gasteiger partial charge < -0.3 is 10.5 Å². The molecular weight excluding hydrogens is 206 g/mol. The van der Waals surface area contributed by atoms with Crippen molar-refractivity contribution in [3.63, 3.8) is 0 Å². The van der Waals surface area contributed by atoms with Gasteiger partial charge in [-0.3, -0.25) is 0 Å². The first kappa shape index (κ1) is 12.0. The Morgan fingerprint density at radius 3 is 2.80 bits per heavy atom. The maximum Gasteiger partial charge on any atom is 0.281 e. The maximum absolute atomic E-state index is 12.7. The van der Waals surface area contributed by atoms with E-state index >= 15 is 0 Å². The summed E-state index contributed by atoms with van der Waals surface area (Å²) in [5.41, 5.74) is 5.40. The zero-order valence-electron chi connectivity index (χ0n) is 8.49. The highest BCUT2D eigenvalue weighted by Crippen LogP contribution is 2.21. The Balaban J connectivity index is 2.85. The molecule has 7 heteroatoms. The number of rotatable bonds is 6. The molecule has 0 aliphatic heterocycles. The SMILES string of the molecule is COCCn1nnc(CCN)c1C(F)F. The summed E-state index contributed by atoms with van der Waals surface area (Å²) in [5.74, 6) is 0. The van der Waals surface area contributed by atoms with Crippen LogP contribution in [-0.4, -0.2) is 35.3 Å². The molecule has 5 nitrogen and oxygen atoms in total. The van der Waals surface area contributed by atoms with Gasteiger partial charge in [0.25, 0.3) is 6.43 Å². The molecule has 0 amide bonds. The fourth-order valence-electron chi connectivity index (χ4n) is 1.25. The fraction of sp³-hybridized carbons (Fsp3) is 0.750. The third kappa shape index (κ3) is 2.93. The predicted octanol–water partition coefficient (Wildman–Crippen LogP) is 0.363. The Labute approximate surface area is 86.2 Å². The summed E-state index contributed by atoms with van der Waals surface area (Å²) in [6.45, 7) is 0.877. The van der Waals surface area contributed by atoms with E-state index in [4.69, 9.17) is 10.5 Å². The third-order valence-electron chi connectivity index (χ3n) is 1.94. The second kappa shape index (κ2) is 5.72. The number of hydrogen-bond acceptors (Lipinski definition) is 4.